The molecule has 0 spiro atoms. The molecule has 0 saturated heterocycles. The number of hydrogen-bond acceptors (Lipinski definition) is 5. The first-order valence-corrected chi connectivity index (χ1v) is 6.35. The van der Waals surface area contributed by atoms with Crippen LogP contribution >= 0.6 is 0 Å². The zero-order valence-electron chi connectivity index (χ0n) is 9.11. The van der Waals surface area contributed by atoms with Crippen LogP contribution < -0.4 is 0 Å². The lowest BCUT2D eigenvalue weighted by Crippen LogP contribution is -1.91. The Morgan fingerprint density at radius 3 is 2.00 bits per heavy atom. The van der Waals surface area contributed by atoms with Crippen LogP contribution in [0.4, 0.5) is 5.69 Å². The van der Waals surface area contributed by atoms with E-state index >= 15 is 0 Å². The Kier molecular flexibility index (Phi) is 6.33. The molecule has 2 N–H and O–H groups in total. The van der Waals surface area contributed by atoms with Crippen molar-refractivity contribution in [1.29, 1.82) is 0 Å². The molecule has 0 saturated carbocycles. The SMILES string of the molecule is CS(=O)(=O)O.O=[N+]([O-])c1ccc(CCO)cc1. The fourth-order valence-electron chi connectivity index (χ4n) is 0.913. The van der Waals surface area contributed by atoms with E-state index in [1.54, 1.807) is 12.1 Å². The van der Waals surface area contributed by atoms with E-state index in [4.69, 9.17) is 9.66 Å². The quantitative estimate of drug-likeness (QED) is 0.469. The maximum Gasteiger partial charge on any atom is 0.269 e. The molecule has 0 bridgehead atoms. The number of non-ortho nitro benzene ring substituents is 1. The maximum atomic E-state index is 10.2. The molecule has 1 aromatic carbocycles. The van der Waals surface area contributed by atoms with Crippen LogP contribution in [0.2, 0.25) is 0 Å². The van der Waals surface area contributed by atoms with Crippen LogP contribution in [0.15, 0.2) is 24.3 Å². The van der Waals surface area contributed by atoms with Gasteiger partial charge in [-0.1, -0.05) is 12.1 Å². The topological polar surface area (TPSA) is 118 Å². The molecule has 0 aromatic heterocycles. The standard InChI is InChI=1S/C8H9NO3.CH4O3S/c10-6-5-7-1-3-8(4-2-7)9(11)12;1-5(2,3)4/h1-4,10H,5-6H2;1H3,(H,2,3,4). The van der Waals surface area contributed by atoms with Gasteiger partial charge in [-0.3, -0.25) is 14.7 Å². The van der Waals surface area contributed by atoms with E-state index in [1.165, 1.54) is 12.1 Å². The largest absolute Gasteiger partial charge is 0.396 e. The first-order chi connectivity index (χ1) is 7.74. The Morgan fingerprint density at radius 2 is 1.71 bits per heavy atom. The summed E-state index contributed by atoms with van der Waals surface area (Å²) in [4.78, 5) is 9.78. The normalized spacial score (nSPS) is 10.3. The van der Waals surface area contributed by atoms with Gasteiger partial charge in [-0.25, -0.2) is 0 Å². The number of nitrogens with zero attached hydrogens (tertiary/aromatic N) is 1. The van der Waals surface area contributed by atoms with Gasteiger partial charge in [-0.2, -0.15) is 8.42 Å². The van der Waals surface area contributed by atoms with Gasteiger partial charge < -0.3 is 5.11 Å². The zero-order valence-corrected chi connectivity index (χ0v) is 9.92. The van der Waals surface area contributed by atoms with Crippen LogP contribution in [0, 0.1) is 10.1 Å². The molecule has 0 fully saturated rings. The van der Waals surface area contributed by atoms with Crippen molar-refractivity contribution in [3.8, 4) is 0 Å². The van der Waals surface area contributed by atoms with Crippen LogP contribution in [0.1, 0.15) is 5.56 Å². The molecule has 7 nitrogen and oxygen atoms in total. The van der Waals surface area contributed by atoms with Gasteiger partial charge in [0.05, 0.1) is 11.2 Å². The minimum Gasteiger partial charge on any atom is -0.396 e. The number of aliphatic hydroxyl groups is 1. The molecule has 0 aliphatic heterocycles. The predicted octanol–water partition coefficient (Wildman–Crippen LogP) is 0.634. The third-order valence-corrected chi connectivity index (χ3v) is 1.55. The van der Waals surface area contributed by atoms with Gasteiger partial charge in [-0.05, 0) is 12.0 Å². The zero-order chi connectivity index (χ0) is 13.5. The Hall–Kier alpha value is -1.51. The summed E-state index contributed by atoms with van der Waals surface area (Å²) in [5, 5.41) is 18.8. The molecule has 1 rings (SSSR count). The molecule has 0 atom stereocenters. The van der Waals surface area contributed by atoms with Gasteiger partial charge in [0, 0.05) is 18.7 Å². The molecule has 0 amide bonds. The summed E-state index contributed by atoms with van der Waals surface area (Å²) in [7, 11) is -3.67. The second-order valence-corrected chi connectivity index (χ2v) is 4.60. The van der Waals surface area contributed by atoms with Crippen molar-refractivity contribution in [2.75, 3.05) is 12.9 Å². The first kappa shape index (κ1) is 15.5. The van der Waals surface area contributed by atoms with Gasteiger partial charge in [0.1, 0.15) is 0 Å². The fraction of sp³-hybridized carbons (Fsp3) is 0.333. The minimum atomic E-state index is -3.67. The summed E-state index contributed by atoms with van der Waals surface area (Å²) in [5.74, 6) is 0. The molecule has 0 aliphatic rings. The highest BCUT2D eigenvalue weighted by Gasteiger charge is 2.02. The highest BCUT2D eigenvalue weighted by atomic mass is 32.2. The summed E-state index contributed by atoms with van der Waals surface area (Å²) in [6, 6.07) is 6.17. The molecule has 17 heavy (non-hydrogen) atoms. The smallest absolute Gasteiger partial charge is 0.269 e. The van der Waals surface area contributed by atoms with E-state index in [0.717, 1.165) is 5.56 Å². The van der Waals surface area contributed by atoms with Crippen molar-refractivity contribution in [3.05, 3.63) is 39.9 Å². The molecular weight excluding hydrogens is 250 g/mol. The summed E-state index contributed by atoms with van der Waals surface area (Å²) in [6.45, 7) is 0.0673. The number of nitro groups is 1. The number of nitro benzene ring substituents is 1. The third kappa shape index (κ3) is 9.42. The van der Waals surface area contributed by atoms with Crippen LogP contribution in [0.25, 0.3) is 0 Å². The summed E-state index contributed by atoms with van der Waals surface area (Å²) < 4.78 is 25.9. The lowest BCUT2D eigenvalue weighted by atomic mass is 10.1. The van der Waals surface area contributed by atoms with E-state index in [0.29, 0.717) is 12.7 Å². The monoisotopic (exact) mass is 263 g/mol. The van der Waals surface area contributed by atoms with Crippen molar-refractivity contribution < 1.29 is 23.0 Å². The van der Waals surface area contributed by atoms with E-state index in [2.05, 4.69) is 0 Å². The van der Waals surface area contributed by atoms with Gasteiger partial charge in [-0.15, -0.1) is 0 Å². The van der Waals surface area contributed by atoms with Crippen LogP contribution in [0.3, 0.4) is 0 Å². The van der Waals surface area contributed by atoms with E-state index in [-0.39, 0.29) is 12.3 Å². The number of benzene rings is 1. The molecule has 96 valence electrons. The fourth-order valence-corrected chi connectivity index (χ4v) is 0.913. The summed E-state index contributed by atoms with van der Waals surface area (Å²) >= 11 is 0. The predicted molar refractivity (Wildman–Crippen MR) is 61.4 cm³/mol. The Morgan fingerprint density at radius 1 is 1.29 bits per heavy atom. The van der Waals surface area contributed by atoms with E-state index < -0.39 is 15.0 Å². The second kappa shape index (κ2) is 6.94. The lowest BCUT2D eigenvalue weighted by molar-refractivity contribution is -0.384. The number of rotatable bonds is 3. The van der Waals surface area contributed by atoms with Crippen molar-refractivity contribution in [3.63, 3.8) is 0 Å². The van der Waals surface area contributed by atoms with Crippen molar-refractivity contribution in [2.45, 2.75) is 6.42 Å². The molecule has 0 heterocycles. The highest BCUT2D eigenvalue weighted by molar-refractivity contribution is 7.85. The second-order valence-electron chi connectivity index (χ2n) is 3.13. The Bertz CT molecular complexity index is 445. The van der Waals surface area contributed by atoms with Crippen molar-refractivity contribution in [1.82, 2.24) is 0 Å². The van der Waals surface area contributed by atoms with Crippen LogP contribution in [0.5, 0.6) is 0 Å². The van der Waals surface area contributed by atoms with Crippen LogP contribution in [-0.4, -0.2) is 35.9 Å². The third-order valence-electron chi connectivity index (χ3n) is 1.55. The lowest BCUT2D eigenvalue weighted by Gasteiger charge is -1.95. The maximum absolute atomic E-state index is 10.2. The Balaban J connectivity index is 0.000000437. The van der Waals surface area contributed by atoms with E-state index in [9.17, 15) is 18.5 Å². The molecule has 1 aromatic rings. The summed E-state index contributed by atoms with van der Waals surface area (Å²) in [5.41, 5.74) is 0.986. The van der Waals surface area contributed by atoms with Gasteiger partial charge in [0.25, 0.3) is 15.8 Å². The number of hydrogen-bond donors (Lipinski definition) is 2. The number of aliphatic hydroxyl groups excluding tert-OH is 1. The Labute approximate surface area is 98.6 Å². The molecule has 0 aliphatic carbocycles. The average molecular weight is 263 g/mol. The van der Waals surface area contributed by atoms with E-state index in [1.807, 2.05) is 0 Å². The van der Waals surface area contributed by atoms with Crippen LogP contribution in [-0.2, 0) is 16.5 Å². The average Bonchev–Trinajstić information content (AvgIpc) is 2.16. The van der Waals surface area contributed by atoms with Crippen molar-refractivity contribution in [2.24, 2.45) is 0 Å². The molecular formula is C9H13NO6S. The van der Waals surface area contributed by atoms with Gasteiger partial charge in [0.2, 0.25) is 0 Å². The van der Waals surface area contributed by atoms with Crippen molar-refractivity contribution >= 4 is 15.8 Å². The minimum absolute atomic E-state index is 0.0673. The van der Waals surface area contributed by atoms with Gasteiger partial charge >= 0.3 is 0 Å². The highest BCUT2D eigenvalue weighted by Crippen LogP contribution is 2.11. The molecule has 0 radical (unpaired) electrons. The summed E-state index contributed by atoms with van der Waals surface area (Å²) in [6.07, 6.45) is 1.25. The molecule has 0 unspecified atom stereocenters. The molecule has 8 heteroatoms. The van der Waals surface area contributed by atoms with Gasteiger partial charge in [0.15, 0.2) is 0 Å². The first-order valence-electron chi connectivity index (χ1n) is 4.50.